The topological polar surface area (TPSA) is 0 Å². The Labute approximate surface area is 71.4 Å². The highest BCUT2D eigenvalue weighted by molar-refractivity contribution is 4.78. The quantitative estimate of drug-likeness (QED) is 0.509. The molecule has 0 amide bonds. The molecule has 0 aromatic heterocycles. The van der Waals surface area contributed by atoms with Crippen LogP contribution < -0.4 is 0 Å². The molecule has 1 radical (unpaired) electrons. The molecule has 0 saturated heterocycles. The molecule has 1 saturated carbocycles. The summed E-state index contributed by atoms with van der Waals surface area (Å²) in [6.07, 6.45) is 9.78. The third kappa shape index (κ3) is 3.79. The molecule has 0 aromatic rings. The molecular formula is C11H21. The fourth-order valence-corrected chi connectivity index (χ4v) is 1.72. The Morgan fingerprint density at radius 1 is 1.27 bits per heavy atom. The zero-order valence-electron chi connectivity index (χ0n) is 7.81. The largest absolute Gasteiger partial charge is 0.0622 e. The molecule has 0 N–H and O–H groups in total. The first-order valence-corrected chi connectivity index (χ1v) is 5.14. The summed E-state index contributed by atoms with van der Waals surface area (Å²) in [5, 5.41) is 0. The van der Waals surface area contributed by atoms with Gasteiger partial charge in [0.05, 0.1) is 0 Å². The highest BCUT2D eigenvalue weighted by Crippen LogP contribution is 2.38. The molecule has 0 heterocycles. The van der Waals surface area contributed by atoms with Crippen LogP contribution in [-0.4, -0.2) is 0 Å². The van der Waals surface area contributed by atoms with Crippen molar-refractivity contribution < 1.29 is 0 Å². The van der Waals surface area contributed by atoms with E-state index in [1.165, 1.54) is 38.5 Å². The van der Waals surface area contributed by atoms with Crippen LogP contribution in [0, 0.1) is 18.8 Å². The van der Waals surface area contributed by atoms with Gasteiger partial charge < -0.3 is 0 Å². The number of hydrogen-bond donors (Lipinski definition) is 0. The zero-order chi connectivity index (χ0) is 8.10. The van der Waals surface area contributed by atoms with Crippen LogP contribution in [0.25, 0.3) is 0 Å². The van der Waals surface area contributed by atoms with E-state index in [2.05, 4.69) is 13.8 Å². The molecular weight excluding hydrogens is 132 g/mol. The first kappa shape index (κ1) is 9.09. The minimum atomic E-state index is 1.01. The lowest BCUT2D eigenvalue weighted by molar-refractivity contribution is 0.442. The first-order chi connectivity index (χ1) is 5.34. The van der Waals surface area contributed by atoms with Crippen molar-refractivity contribution >= 4 is 0 Å². The predicted octanol–water partition coefficient (Wildman–Crippen LogP) is 3.82. The Hall–Kier alpha value is 0. The molecule has 0 spiro atoms. The van der Waals surface area contributed by atoms with E-state index >= 15 is 0 Å². The Morgan fingerprint density at radius 2 is 2.00 bits per heavy atom. The van der Waals surface area contributed by atoms with Crippen molar-refractivity contribution in [1.29, 1.82) is 0 Å². The van der Waals surface area contributed by atoms with E-state index in [0.717, 1.165) is 18.3 Å². The van der Waals surface area contributed by atoms with Crippen LogP contribution in [-0.2, 0) is 0 Å². The van der Waals surface area contributed by atoms with Gasteiger partial charge in [0, 0.05) is 0 Å². The van der Waals surface area contributed by atoms with Gasteiger partial charge in [0.2, 0.25) is 0 Å². The maximum Gasteiger partial charge on any atom is -0.0388 e. The summed E-state index contributed by atoms with van der Waals surface area (Å²) >= 11 is 0. The van der Waals surface area contributed by atoms with E-state index in [1.807, 2.05) is 0 Å². The van der Waals surface area contributed by atoms with Crippen molar-refractivity contribution in [3.63, 3.8) is 0 Å². The molecule has 1 rings (SSSR count). The van der Waals surface area contributed by atoms with Gasteiger partial charge in [-0.3, -0.25) is 0 Å². The van der Waals surface area contributed by atoms with Gasteiger partial charge in [-0.2, -0.15) is 0 Å². The Morgan fingerprint density at radius 3 is 2.55 bits per heavy atom. The second-order valence-corrected chi connectivity index (χ2v) is 4.02. The maximum absolute atomic E-state index is 3.85. The van der Waals surface area contributed by atoms with Gasteiger partial charge in [0.15, 0.2) is 0 Å². The predicted molar refractivity (Wildman–Crippen MR) is 50.3 cm³/mol. The van der Waals surface area contributed by atoms with Crippen LogP contribution in [0.5, 0.6) is 0 Å². The fraction of sp³-hybridized carbons (Fsp3) is 0.909. The van der Waals surface area contributed by atoms with Gasteiger partial charge in [-0.1, -0.05) is 46.0 Å². The van der Waals surface area contributed by atoms with E-state index in [4.69, 9.17) is 0 Å². The van der Waals surface area contributed by atoms with Gasteiger partial charge in [0.25, 0.3) is 0 Å². The van der Waals surface area contributed by atoms with Crippen LogP contribution in [0.4, 0.5) is 0 Å². The highest BCUT2D eigenvalue weighted by Gasteiger charge is 2.26. The van der Waals surface area contributed by atoms with E-state index < -0.39 is 0 Å². The number of rotatable bonds is 6. The molecule has 0 aliphatic heterocycles. The summed E-state index contributed by atoms with van der Waals surface area (Å²) < 4.78 is 0. The highest BCUT2D eigenvalue weighted by atomic mass is 14.3. The van der Waals surface area contributed by atoms with Crippen LogP contribution in [0.15, 0.2) is 0 Å². The van der Waals surface area contributed by atoms with Gasteiger partial charge in [-0.15, -0.1) is 0 Å². The molecule has 1 unspecified atom stereocenters. The normalized spacial score (nSPS) is 20.2. The molecule has 0 nitrogen and oxygen atoms in total. The molecule has 1 atom stereocenters. The lowest BCUT2D eigenvalue weighted by Crippen LogP contribution is -1.96. The molecule has 1 aliphatic rings. The monoisotopic (exact) mass is 153 g/mol. The molecule has 11 heavy (non-hydrogen) atoms. The van der Waals surface area contributed by atoms with Crippen molar-refractivity contribution in [1.82, 2.24) is 0 Å². The molecule has 65 valence electrons. The lowest BCUT2D eigenvalue weighted by Gasteiger charge is -2.08. The van der Waals surface area contributed by atoms with Crippen molar-refractivity contribution in [2.24, 2.45) is 11.8 Å². The summed E-state index contributed by atoms with van der Waals surface area (Å²) in [4.78, 5) is 0. The molecule has 0 heteroatoms. The first-order valence-electron chi connectivity index (χ1n) is 5.14. The van der Waals surface area contributed by atoms with Gasteiger partial charge in [-0.25, -0.2) is 0 Å². The summed E-state index contributed by atoms with van der Waals surface area (Å²) in [5.74, 6) is 2.12. The SMILES string of the molecule is [CH2]CCCCCC(C)C1CC1. The van der Waals surface area contributed by atoms with Crippen LogP contribution in [0.1, 0.15) is 51.9 Å². The second-order valence-electron chi connectivity index (χ2n) is 4.02. The Balaban J connectivity index is 1.85. The van der Waals surface area contributed by atoms with Gasteiger partial charge in [-0.05, 0) is 24.7 Å². The minimum Gasteiger partial charge on any atom is -0.0622 e. The van der Waals surface area contributed by atoms with Gasteiger partial charge >= 0.3 is 0 Å². The van der Waals surface area contributed by atoms with Crippen molar-refractivity contribution in [2.45, 2.75) is 51.9 Å². The number of unbranched alkanes of at least 4 members (excludes halogenated alkanes) is 3. The Bertz CT molecular complexity index is 92.2. The third-order valence-corrected chi connectivity index (χ3v) is 2.84. The van der Waals surface area contributed by atoms with E-state index in [9.17, 15) is 0 Å². The Kier molecular flexibility index (Phi) is 3.96. The fourth-order valence-electron chi connectivity index (χ4n) is 1.72. The number of hydrogen-bond acceptors (Lipinski definition) is 0. The summed E-state index contributed by atoms with van der Waals surface area (Å²) in [6, 6.07) is 0. The maximum atomic E-state index is 3.85. The van der Waals surface area contributed by atoms with Crippen molar-refractivity contribution in [3.8, 4) is 0 Å². The summed E-state index contributed by atoms with van der Waals surface area (Å²) in [5.41, 5.74) is 0. The second kappa shape index (κ2) is 4.79. The average molecular weight is 153 g/mol. The molecule has 1 fully saturated rings. The minimum absolute atomic E-state index is 1.01. The molecule has 0 bridgehead atoms. The lowest BCUT2D eigenvalue weighted by atomic mass is 9.98. The average Bonchev–Trinajstić information content (AvgIpc) is 2.79. The van der Waals surface area contributed by atoms with Crippen molar-refractivity contribution in [2.75, 3.05) is 0 Å². The van der Waals surface area contributed by atoms with Crippen LogP contribution in [0.2, 0.25) is 0 Å². The van der Waals surface area contributed by atoms with Crippen molar-refractivity contribution in [3.05, 3.63) is 6.92 Å². The molecule has 1 aliphatic carbocycles. The summed E-state index contributed by atoms with van der Waals surface area (Å²) in [6.45, 7) is 6.27. The van der Waals surface area contributed by atoms with Gasteiger partial charge in [0.1, 0.15) is 0 Å². The third-order valence-electron chi connectivity index (χ3n) is 2.84. The van der Waals surface area contributed by atoms with E-state index in [0.29, 0.717) is 0 Å². The smallest absolute Gasteiger partial charge is 0.0388 e. The van der Waals surface area contributed by atoms with E-state index in [1.54, 1.807) is 0 Å². The van der Waals surface area contributed by atoms with E-state index in [-0.39, 0.29) is 0 Å². The molecule has 0 aromatic carbocycles. The summed E-state index contributed by atoms with van der Waals surface area (Å²) in [7, 11) is 0. The zero-order valence-corrected chi connectivity index (χ0v) is 7.81. The van der Waals surface area contributed by atoms with Crippen LogP contribution in [0.3, 0.4) is 0 Å². The van der Waals surface area contributed by atoms with Crippen LogP contribution >= 0.6 is 0 Å². The standard InChI is InChI=1S/C11H21/c1-3-4-5-6-7-10(2)11-8-9-11/h10-11H,1,3-9H2,2H3.